The van der Waals surface area contributed by atoms with Crippen molar-refractivity contribution >= 4 is 34.8 Å². The standard InChI is InChI=1S/C27H36ClN5O3/c1-8-16(4)23(29-15-27(6,7)35)31-25-18(9-2)13-21(26(34)33(25)10-3)20-12-11-19(14-22(20)28)24-30-17(5)36-32-24/h9,11-14,17,29,35H,8,10,15H2,1-7H3,(H,30,32)/b18-9-,23-16+,31-25+. The second kappa shape index (κ2) is 11.4. The van der Waals surface area contributed by atoms with Crippen molar-refractivity contribution in [2.24, 2.45) is 9.98 Å². The molecule has 0 fully saturated rings. The molecule has 1 atom stereocenters. The Hall–Kier alpha value is -2.94. The van der Waals surface area contributed by atoms with Crippen LogP contribution in [0, 0.1) is 0 Å². The van der Waals surface area contributed by atoms with E-state index in [1.165, 1.54) is 0 Å². The predicted octanol–water partition coefficient (Wildman–Crippen LogP) is 4.56. The van der Waals surface area contributed by atoms with Gasteiger partial charge in [-0.15, -0.1) is 0 Å². The fourth-order valence-electron chi connectivity index (χ4n) is 3.75. The summed E-state index contributed by atoms with van der Waals surface area (Å²) < 4.78 is 0. The molecule has 1 aromatic carbocycles. The van der Waals surface area contributed by atoms with E-state index in [9.17, 15) is 9.90 Å². The quantitative estimate of drug-likeness (QED) is 0.473. The van der Waals surface area contributed by atoms with Crippen LogP contribution in [0.25, 0.3) is 5.57 Å². The van der Waals surface area contributed by atoms with Gasteiger partial charge in [0.05, 0.1) is 5.60 Å². The van der Waals surface area contributed by atoms with E-state index in [0.717, 1.165) is 23.1 Å². The molecule has 1 amide bonds. The molecule has 0 radical (unpaired) electrons. The van der Waals surface area contributed by atoms with Crippen LogP contribution in [0.5, 0.6) is 0 Å². The molecule has 2 aliphatic heterocycles. The average molecular weight is 514 g/mol. The van der Waals surface area contributed by atoms with Crippen LogP contribution in [-0.4, -0.2) is 52.5 Å². The van der Waals surface area contributed by atoms with E-state index in [1.54, 1.807) is 24.8 Å². The highest BCUT2D eigenvalue weighted by molar-refractivity contribution is 6.37. The van der Waals surface area contributed by atoms with E-state index < -0.39 is 5.60 Å². The van der Waals surface area contributed by atoms with Gasteiger partial charge in [0.1, 0.15) is 11.7 Å². The highest BCUT2D eigenvalue weighted by atomic mass is 35.5. The number of allylic oxidation sites excluding steroid dienone is 2. The van der Waals surface area contributed by atoms with Crippen LogP contribution < -0.4 is 10.8 Å². The van der Waals surface area contributed by atoms with Gasteiger partial charge in [-0.25, -0.2) is 20.3 Å². The molecule has 3 N–H and O–H groups in total. The summed E-state index contributed by atoms with van der Waals surface area (Å²) in [5.41, 5.74) is 5.63. The Morgan fingerprint density at radius 3 is 2.64 bits per heavy atom. The molecule has 9 heteroatoms. The minimum atomic E-state index is -0.907. The third kappa shape index (κ3) is 6.24. The van der Waals surface area contributed by atoms with Crippen molar-refractivity contribution in [3.63, 3.8) is 0 Å². The van der Waals surface area contributed by atoms with E-state index in [-0.39, 0.29) is 12.1 Å². The predicted molar refractivity (Wildman–Crippen MR) is 146 cm³/mol. The number of carbonyl (C=O) groups is 1. The molecule has 3 rings (SSSR count). The number of nitrogens with zero attached hydrogens (tertiary/aromatic N) is 3. The molecular formula is C27H36ClN5O3. The zero-order valence-corrected chi connectivity index (χ0v) is 22.8. The van der Waals surface area contributed by atoms with Crippen LogP contribution in [0.15, 0.2) is 57.3 Å². The highest BCUT2D eigenvalue weighted by Crippen LogP contribution is 2.32. The van der Waals surface area contributed by atoms with Gasteiger partial charge in [0.25, 0.3) is 5.91 Å². The zero-order chi connectivity index (χ0) is 26.6. The van der Waals surface area contributed by atoms with Gasteiger partial charge in [0.15, 0.2) is 12.1 Å². The van der Waals surface area contributed by atoms with Gasteiger partial charge in [-0.05, 0) is 65.7 Å². The third-order valence-electron chi connectivity index (χ3n) is 5.93. The maximum absolute atomic E-state index is 13.7. The summed E-state index contributed by atoms with van der Waals surface area (Å²) in [6.07, 6.45) is 4.27. The summed E-state index contributed by atoms with van der Waals surface area (Å²) in [6, 6.07) is 5.47. The number of hydrogen-bond donors (Lipinski definition) is 3. The first-order valence-electron chi connectivity index (χ1n) is 12.2. The highest BCUT2D eigenvalue weighted by Gasteiger charge is 2.31. The van der Waals surface area contributed by atoms with Crippen LogP contribution >= 0.6 is 11.6 Å². The van der Waals surface area contributed by atoms with Crippen LogP contribution in [0.2, 0.25) is 5.02 Å². The topological polar surface area (TPSA) is 98.5 Å². The van der Waals surface area contributed by atoms with E-state index in [0.29, 0.717) is 46.7 Å². The zero-order valence-electron chi connectivity index (χ0n) is 22.1. The van der Waals surface area contributed by atoms with Crippen LogP contribution in [0.4, 0.5) is 0 Å². The van der Waals surface area contributed by atoms with E-state index in [1.807, 2.05) is 58.9 Å². The van der Waals surface area contributed by atoms with Crippen molar-refractivity contribution in [1.29, 1.82) is 0 Å². The summed E-state index contributed by atoms with van der Waals surface area (Å²) in [6.45, 7) is 13.9. The lowest BCUT2D eigenvalue weighted by atomic mass is 9.95. The van der Waals surface area contributed by atoms with Gasteiger partial charge in [-0.2, -0.15) is 0 Å². The number of hydrogen-bond acceptors (Lipinski definition) is 7. The Balaban J connectivity index is 2.04. The Kier molecular flexibility index (Phi) is 8.76. The first kappa shape index (κ1) is 27.6. The first-order valence-corrected chi connectivity index (χ1v) is 12.6. The first-order chi connectivity index (χ1) is 17.0. The van der Waals surface area contributed by atoms with Crippen molar-refractivity contribution in [2.45, 2.75) is 66.7 Å². The molecule has 1 unspecified atom stereocenters. The lowest BCUT2D eigenvalue weighted by molar-refractivity contribution is -0.121. The number of nitrogens with one attached hydrogen (secondary N) is 2. The fourth-order valence-corrected chi connectivity index (χ4v) is 4.03. The summed E-state index contributed by atoms with van der Waals surface area (Å²) in [5, 5.41) is 13.9. The minimum absolute atomic E-state index is 0.180. The monoisotopic (exact) mass is 513 g/mol. The maximum Gasteiger partial charge on any atom is 0.260 e. The van der Waals surface area contributed by atoms with Crippen molar-refractivity contribution < 1.29 is 14.7 Å². The van der Waals surface area contributed by atoms with Crippen LogP contribution in [0.1, 0.15) is 66.0 Å². The fraction of sp³-hybridized carbons (Fsp3) is 0.444. The largest absolute Gasteiger partial charge is 0.389 e. The summed E-state index contributed by atoms with van der Waals surface area (Å²) in [5.74, 6) is 1.63. The lowest BCUT2D eigenvalue weighted by Gasteiger charge is -2.30. The lowest BCUT2D eigenvalue weighted by Crippen LogP contribution is -2.42. The van der Waals surface area contributed by atoms with Gasteiger partial charge >= 0.3 is 0 Å². The van der Waals surface area contributed by atoms with Gasteiger partial charge in [-0.3, -0.25) is 9.69 Å². The van der Waals surface area contributed by atoms with Gasteiger partial charge in [0.2, 0.25) is 0 Å². The second-order valence-electron chi connectivity index (χ2n) is 9.43. The molecular weight excluding hydrogens is 478 g/mol. The van der Waals surface area contributed by atoms with Gasteiger partial charge in [-0.1, -0.05) is 36.7 Å². The van der Waals surface area contributed by atoms with Crippen LogP contribution in [0.3, 0.4) is 0 Å². The van der Waals surface area contributed by atoms with Crippen LogP contribution in [-0.2, 0) is 9.63 Å². The number of amides is 1. The number of likely N-dealkylation sites (N-methyl/N-ethyl adjacent to an activating group) is 1. The second-order valence-corrected chi connectivity index (χ2v) is 9.83. The number of rotatable bonds is 8. The van der Waals surface area contributed by atoms with Gasteiger partial charge < -0.3 is 10.4 Å². The van der Waals surface area contributed by atoms with Crippen molar-refractivity contribution in [3.8, 4) is 0 Å². The summed E-state index contributed by atoms with van der Waals surface area (Å²) in [7, 11) is 0. The molecule has 0 saturated carbocycles. The van der Waals surface area contributed by atoms with E-state index >= 15 is 0 Å². The summed E-state index contributed by atoms with van der Waals surface area (Å²) >= 11 is 6.66. The number of amidine groups is 2. The van der Waals surface area contributed by atoms with Crippen molar-refractivity contribution in [2.75, 3.05) is 13.1 Å². The van der Waals surface area contributed by atoms with Crippen molar-refractivity contribution in [3.05, 3.63) is 63.5 Å². The number of benzene rings is 1. The number of aliphatic imine (C=N–C) groups is 2. The number of hydroxylamine groups is 1. The normalized spacial score (nSPS) is 21.4. The number of carbonyl (C=O) groups excluding carboxylic acids is 1. The Morgan fingerprint density at radius 2 is 2.11 bits per heavy atom. The molecule has 194 valence electrons. The van der Waals surface area contributed by atoms with Crippen molar-refractivity contribution in [1.82, 2.24) is 15.7 Å². The molecule has 8 nitrogen and oxygen atoms in total. The number of halogens is 1. The molecule has 2 aliphatic rings. The number of aliphatic hydroxyl groups is 1. The molecule has 0 aromatic heterocycles. The third-order valence-corrected chi connectivity index (χ3v) is 6.24. The molecule has 1 aromatic rings. The minimum Gasteiger partial charge on any atom is -0.389 e. The summed E-state index contributed by atoms with van der Waals surface area (Å²) in [4.78, 5) is 29.9. The molecule has 2 heterocycles. The van der Waals surface area contributed by atoms with Gasteiger partial charge in [0, 0.05) is 40.4 Å². The van der Waals surface area contributed by atoms with E-state index in [4.69, 9.17) is 21.4 Å². The average Bonchev–Trinajstić information content (AvgIpc) is 3.27. The molecule has 0 spiro atoms. The molecule has 0 aliphatic carbocycles. The Labute approximate surface area is 218 Å². The maximum atomic E-state index is 13.7. The molecule has 36 heavy (non-hydrogen) atoms. The smallest absolute Gasteiger partial charge is 0.260 e. The molecule has 0 saturated heterocycles. The Morgan fingerprint density at radius 1 is 1.39 bits per heavy atom. The SMILES string of the molecule is C/C=C1/C=C(c2ccc(C3=NC(C)ON3)cc2Cl)C(=O)N(CC)/C1=N/C(NCC(C)(C)O)=C(\C)CC. The molecule has 0 bridgehead atoms. The Bertz CT molecular complexity index is 1170. The van der Waals surface area contributed by atoms with E-state index in [2.05, 4.69) is 15.8 Å².